The summed E-state index contributed by atoms with van der Waals surface area (Å²) in [5.74, 6) is -2.53. The lowest BCUT2D eigenvalue weighted by atomic mass is 9.44. The fourth-order valence-corrected chi connectivity index (χ4v) is 8.13. The highest BCUT2D eigenvalue weighted by Crippen LogP contribution is 2.71. The molecule has 7 heteroatoms. The lowest BCUT2D eigenvalue weighted by molar-refractivity contribution is -0.235. The minimum absolute atomic E-state index is 0.0446. The zero-order chi connectivity index (χ0) is 25.8. The topological polar surface area (TPSA) is 89.9 Å². The lowest BCUT2D eigenvalue weighted by Gasteiger charge is -2.62. The average molecular weight is 491 g/mol. The number of unbranched alkanes of at least 4 members (excludes halogenated alkanes) is 2. The molecule has 4 rings (SSSR count). The Hall–Kier alpha value is -2.02. The number of rotatable bonds is 6. The van der Waals surface area contributed by atoms with Crippen molar-refractivity contribution in [2.45, 2.75) is 96.4 Å². The SMILES string of the molecule is CCCCCC(=O)O[C@]1(C(=O)OC)[C@@H](C)C[C@H]2[C@@H]3CCC4=CC(=O)C=C[C@]4(C)[C@@]3(F)[C@@H](O)C[C@@]21C. The van der Waals surface area contributed by atoms with Gasteiger partial charge in [0.15, 0.2) is 11.5 Å². The third kappa shape index (κ3) is 3.40. The van der Waals surface area contributed by atoms with Crippen LogP contribution in [-0.4, -0.2) is 47.3 Å². The number of carbonyl (C=O) groups is 3. The second kappa shape index (κ2) is 8.82. The molecule has 0 radical (unpaired) electrons. The zero-order valence-corrected chi connectivity index (χ0v) is 21.6. The molecule has 3 fully saturated rings. The molecular formula is C28H39FO6. The smallest absolute Gasteiger partial charge is 0.351 e. The monoisotopic (exact) mass is 490 g/mol. The maximum atomic E-state index is 17.3. The summed E-state index contributed by atoms with van der Waals surface area (Å²) in [6.07, 6.45) is 7.22. The summed E-state index contributed by atoms with van der Waals surface area (Å²) >= 11 is 0. The van der Waals surface area contributed by atoms with Crippen molar-refractivity contribution in [3.8, 4) is 0 Å². The second-order valence-corrected chi connectivity index (χ2v) is 11.6. The van der Waals surface area contributed by atoms with Gasteiger partial charge in [-0.05, 0) is 57.1 Å². The van der Waals surface area contributed by atoms with Gasteiger partial charge in [-0.15, -0.1) is 0 Å². The van der Waals surface area contributed by atoms with E-state index in [1.807, 2.05) is 20.8 Å². The fraction of sp³-hybridized carbons (Fsp3) is 0.750. The van der Waals surface area contributed by atoms with Crippen LogP contribution in [0.25, 0.3) is 0 Å². The summed E-state index contributed by atoms with van der Waals surface area (Å²) in [4.78, 5) is 38.4. The van der Waals surface area contributed by atoms with Crippen LogP contribution in [0.1, 0.15) is 79.1 Å². The van der Waals surface area contributed by atoms with Crippen molar-refractivity contribution in [1.82, 2.24) is 0 Å². The summed E-state index contributed by atoms with van der Waals surface area (Å²) in [5.41, 5.74) is -4.99. The average Bonchev–Trinajstić information content (AvgIpc) is 3.02. The third-order valence-electron chi connectivity index (χ3n) is 9.93. The Morgan fingerprint density at radius 3 is 2.60 bits per heavy atom. The predicted molar refractivity (Wildman–Crippen MR) is 128 cm³/mol. The molecule has 6 nitrogen and oxygen atoms in total. The number of hydrogen-bond acceptors (Lipinski definition) is 6. The molecule has 194 valence electrons. The Labute approximate surface area is 207 Å². The number of carbonyl (C=O) groups excluding carboxylic acids is 3. The van der Waals surface area contributed by atoms with Gasteiger partial charge in [-0.2, -0.15) is 0 Å². The van der Waals surface area contributed by atoms with Gasteiger partial charge in [-0.1, -0.05) is 45.3 Å². The van der Waals surface area contributed by atoms with Crippen LogP contribution in [0.15, 0.2) is 23.8 Å². The number of esters is 2. The van der Waals surface area contributed by atoms with Gasteiger partial charge in [-0.3, -0.25) is 9.59 Å². The summed E-state index contributed by atoms with van der Waals surface area (Å²) in [5, 5.41) is 11.5. The Bertz CT molecular complexity index is 972. The van der Waals surface area contributed by atoms with E-state index >= 15 is 4.39 Å². The second-order valence-electron chi connectivity index (χ2n) is 11.6. The van der Waals surface area contributed by atoms with E-state index in [0.717, 1.165) is 12.8 Å². The summed E-state index contributed by atoms with van der Waals surface area (Å²) in [7, 11) is 1.28. The first kappa shape index (κ1) is 26.1. The van der Waals surface area contributed by atoms with Crippen LogP contribution in [0, 0.1) is 28.6 Å². The molecular weight excluding hydrogens is 451 g/mol. The van der Waals surface area contributed by atoms with Crippen molar-refractivity contribution in [2.24, 2.45) is 28.6 Å². The van der Waals surface area contributed by atoms with Crippen LogP contribution in [0.2, 0.25) is 0 Å². The van der Waals surface area contributed by atoms with Crippen LogP contribution in [-0.2, 0) is 23.9 Å². The van der Waals surface area contributed by atoms with Crippen LogP contribution in [0.5, 0.6) is 0 Å². The third-order valence-corrected chi connectivity index (χ3v) is 9.93. The van der Waals surface area contributed by atoms with Crippen molar-refractivity contribution in [3.05, 3.63) is 23.8 Å². The number of halogens is 1. The molecule has 3 saturated carbocycles. The quantitative estimate of drug-likeness (QED) is 0.431. The number of ether oxygens (including phenoxy) is 2. The molecule has 0 aromatic carbocycles. The van der Waals surface area contributed by atoms with Gasteiger partial charge in [0.1, 0.15) is 0 Å². The van der Waals surface area contributed by atoms with Crippen molar-refractivity contribution in [2.75, 3.05) is 7.11 Å². The summed E-state index contributed by atoms with van der Waals surface area (Å²) in [6.45, 7) is 7.52. The molecule has 0 bridgehead atoms. The van der Waals surface area contributed by atoms with Crippen LogP contribution < -0.4 is 0 Å². The van der Waals surface area contributed by atoms with Gasteiger partial charge < -0.3 is 14.6 Å². The molecule has 0 amide bonds. The van der Waals surface area contributed by atoms with Gasteiger partial charge in [-0.25, -0.2) is 9.18 Å². The molecule has 0 aromatic rings. The normalized spacial score (nSPS) is 44.1. The highest BCUT2D eigenvalue weighted by atomic mass is 19.1. The molecule has 0 aliphatic heterocycles. The van der Waals surface area contributed by atoms with E-state index in [1.165, 1.54) is 19.3 Å². The van der Waals surface area contributed by atoms with E-state index in [4.69, 9.17) is 9.47 Å². The Morgan fingerprint density at radius 1 is 1.23 bits per heavy atom. The van der Waals surface area contributed by atoms with Gasteiger partial charge in [0.05, 0.1) is 13.2 Å². The number of alkyl halides is 1. The van der Waals surface area contributed by atoms with Crippen molar-refractivity contribution in [3.63, 3.8) is 0 Å². The van der Waals surface area contributed by atoms with Gasteiger partial charge >= 0.3 is 11.9 Å². The predicted octanol–water partition coefficient (Wildman–Crippen LogP) is 4.64. The molecule has 0 spiro atoms. The number of ketones is 1. The van der Waals surface area contributed by atoms with E-state index in [1.54, 1.807) is 13.0 Å². The number of aliphatic hydroxyl groups is 1. The number of fused-ring (bicyclic) bond motifs is 5. The molecule has 35 heavy (non-hydrogen) atoms. The number of hydrogen-bond donors (Lipinski definition) is 1. The van der Waals surface area contributed by atoms with E-state index in [0.29, 0.717) is 31.3 Å². The van der Waals surface area contributed by atoms with E-state index in [2.05, 4.69) is 0 Å². The Balaban J connectivity index is 1.76. The van der Waals surface area contributed by atoms with Crippen molar-refractivity contribution < 1.29 is 33.4 Å². The fourth-order valence-electron chi connectivity index (χ4n) is 8.13. The maximum Gasteiger partial charge on any atom is 0.351 e. The molecule has 1 N–H and O–H groups in total. The van der Waals surface area contributed by atoms with Crippen molar-refractivity contribution in [1.29, 1.82) is 0 Å². The molecule has 4 aliphatic rings. The largest absolute Gasteiger partial charge is 0.466 e. The first-order valence-corrected chi connectivity index (χ1v) is 13.0. The van der Waals surface area contributed by atoms with Crippen LogP contribution in [0.4, 0.5) is 4.39 Å². The molecule has 0 heterocycles. The maximum absolute atomic E-state index is 17.3. The van der Waals surface area contributed by atoms with Gasteiger partial charge in [0, 0.05) is 29.1 Å². The molecule has 0 unspecified atom stereocenters. The molecule has 8 atom stereocenters. The minimum Gasteiger partial charge on any atom is -0.466 e. The summed E-state index contributed by atoms with van der Waals surface area (Å²) < 4.78 is 28.6. The van der Waals surface area contributed by atoms with Crippen LogP contribution in [0.3, 0.4) is 0 Å². The molecule has 0 saturated heterocycles. The highest BCUT2D eigenvalue weighted by molar-refractivity contribution is 6.01. The first-order valence-electron chi connectivity index (χ1n) is 13.0. The standard InChI is InChI=1S/C28H39FO6/c1-6-7-8-9-23(32)35-28(24(33)34-5)17(2)14-21-20-11-10-18-15-19(30)12-13-25(18,3)27(20,29)22(31)16-26(21,28)4/h12-13,15,17,20-22,31H,6-11,14,16H2,1-5H3/t17-,20-,21-,22-,25-,26-,27-,28-/m0/s1. The van der Waals surface area contributed by atoms with Gasteiger partial charge in [0.2, 0.25) is 5.60 Å². The lowest BCUT2D eigenvalue weighted by Crippen LogP contribution is -2.70. The Morgan fingerprint density at radius 2 is 1.94 bits per heavy atom. The zero-order valence-electron chi connectivity index (χ0n) is 21.6. The highest BCUT2D eigenvalue weighted by Gasteiger charge is 2.77. The van der Waals surface area contributed by atoms with E-state index < -0.39 is 52.0 Å². The van der Waals surface area contributed by atoms with E-state index in [-0.39, 0.29) is 24.5 Å². The molecule has 0 aromatic heterocycles. The minimum atomic E-state index is -2.00. The van der Waals surface area contributed by atoms with Crippen LogP contribution >= 0.6 is 0 Å². The summed E-state index contributed by atoms with van der Waals surface area (Å²) in [6, 6.07) is 0. The Kier molecular flexibility index (Phi) is 6.57. The van der Waals surface area contributed by atoms with Crippen molar-refractivity contribution >= 4 is 17.7 Å². The van der Waals surface area contributed by atoms with Gasteiger partial charge in [0.25, 0.3) is 0 Å². The molecule has 4 aliphatic carbocycles. The number of allylic oxidation sites excluding steroid dienone is 4. The number of methoxy groups -OCH3 is 1. The first-order chi connectivity index (χ1) is 16.4. The van der Waals surface area contributed by atoms with E-state index in [9.17, 15) is 19.5 Å². The number of aliphatic hydroxyl groups excluding tert-OH is 1.